The number of allylic oxidation sites excluding steroid dienone is 2. The fourth-order valence-electron chi connectivity index (χ4n) is 1.05. The van der Waals surface area contributed by atoms with Gasteiger partial charge in [-0.25, -0.2) is 0 Å². The molecule has 1 rings (SSSR count). The van der Waals surface area contributed by atoms with Gasteiger partial charge >= 0.3 is 0 Å². The van der Waals surface area contributed by atoms with Crippen molar-refractivity contribution in [1.82, 2.24) is 0 Å². The van der Waals surface area contributed by atoms with Crippen molar-refractivity contribution in [3.05, 3.63) is 12.2 Å². The van der Waals surface area contributed by atoms with E-state index in [9.17, 15) is 0 Å². The number of hydrogen-bond donors (Lipinski definition) is 0. The summed E-state index contributed by atoms with van der Waals surface area (Å²) in [6.45, 7) is 0.924. The lowest BCUT2D eigenvalue weighted by Crippen LogP contribution is -2.01. The summed E-state index contributed by atoms with van der Waals surface area (Å²) >= 11 is 0. The number of rotatable bonds is 2. The van der Waals surface area contributed by atoms with Gasteiger partial charge in [0.1, 0.15) is 0 Å². The van der Waals surface area contributed by atoms with E-state index < -0.39 is 0 Å². The Hall–Kier alpha value is -0.300. The van der Waals surface area contributed by atoms with E-state index in [1.54, 1.807) is 7.11 Å². The van der Waals surface area contributed by atoms with Crippen molar-refractivity contribution in [2.75, 3.05) is 13.7 Å². The normalized spacial score (nSPS) is 20.1. The Morgan fingerprint density at radius 2 is 2.12 bits per heavy atom. The molecule has 0 aromatic heterocycles. The Kier molecular flexibility index (Phi) is 2.10. The molecule has 1 aliphatic carbocycles. The monoisotopic (exact) mass is 112 g/mol. The fraction of sp³-hybridized carbons (Fsp3) is 0.714. The summed E-state index contributed by atoms with van der Waals surface area (Å²) in [7, 11) is 1.76. The van der Waals surface area contributed by atoms with Crippen molar-refractivity contribution in [3.8, 4) is 0 Å². The van der Waals surface area contributed by atoms with Crippen LogP contribution in [-0.4, -0.2) is 13.7 Å². The van der Waals surface area contributed by atoms with Gasteiger partial charge in [0, 0.05) is 13.7 Å². The Labute approximate surface area is 50.3 Å². The highest BCUT2D eigenvalue weighted by molar-refractivity contribution is 4.93. The van der Waals surface area contributed by atoms with Crippen molar-refractivity contribution in [3.63, 3.8) is 0 Å². The summed E-state index contributed by atoms with van der Waals surface area (Å²) < 4.78 is 4.99. The lowest BCUT2D eigenvalue weighted by atomic mass is 10.1. The quantitative estimate of drug-likeness (QED) is 0.493. The average Bonchev–Trinajstić information content (AvgIpc) is 2.19. The molecule has 0 aromatic rings. The van der Waals surface area contributed by atoms with E-state index in [4.69, 9.17) is 4.74 Å². The van der Waals surface area contributed by atoms with Gasteiger partial charge in [0.05, 0.1) is 0 Å². The van der Waals surface area contributed by atoms with E-state index in [0.717, 1.165) is 12.5 Å². The van der Waals surface area contributed by atoms with Crippen molar-refractivity contribution in [2.45, 2.75) is 12.8 Å². The Morgan fingerprint density at radius 3 is 2.62 bits per heavy atom. The zero-order valence-electron chi connectivity index (χ0n) is 5.26. The van der Waals surface area contributed by atoms with Gasteiger partial charge in [0.25, 0.3) is 0 Å². The van der Waals surface area contributed by atoms with Crippen molar-refractivity contribution < 1.29 is 4.74 Å². The molecule has 0 heterocycles. The van der Waals surface area contributed by atoms with Gasteiger partial charge < -0.3 is 4.74 Å². The minimum absolute atomic E-state index is 0.778. The summed E-state index contributed by atoms with van der Waals surface area (Å²) in [6, 6.07) is 0. The number of methoxy groups -OCH3 is 1. The smallest absolute Gasteiger partial charge is 0.0496 e. The first kappa shape index (κ1) is 5.83. The largest absolute Gasteiger partial charge is 0.384 e. The molecule has 0 radical (unpaired) electrons. The van der Waals surface area contributed by atoms with Crippen LogP contribution in [0.3, 0.4) is 0 Å². The first-order chi connectivity index (χ1) is 3.93. The van der Waals surface area contributed by atoms with Crippen LogP contribution in [0, 0.1) is 5.92 Å². The maximum atomic E-state index is 4.99. The molecule has 0 fully saturated rings. The molecule has 46 valence electrons. The van der Waals surface area contributed by atoms with Crippen LogP contribution in [0.5, 0.6) is 0 Å². The molecular weight excluding hydrogens is 100 g/mol. The lowest BCUT2D eigenvalue weighted by molar-refractivity contribution is 0.157. The summed E-state index contributed by atoms with van der Waals surface area (Å²) in [5.74, 6) is 0.778. The topological polar surface area (TPSA) is 9.23 Å². The van der Waals surface area contributed by atoms with Crippen molar-refractivity contribution in [1.29, 1.82) is 0 Å². The van der Waals surface area contributed by atoms with Crippen LogP contribution in [0.15, 0.2) is 12.2 Å². The SMILES string of the molecule is COCC1CC=CC1. The van der Waals surface area contributed by atoms with Crippen LogP contribution in [0.1, 0.15) is 12.8 Å². The molecule has 0 saturated carbocycles. The van der Waals surface area contributed by atoms with Gasteiger partial charge in [-0.1, -0.05) is 12.2 Å². The maximum absolute atomic E-state index is 4.99. The average molecular weight is 112 g/mol. The highest BCUT2D eigenvalue weighted by Gasteiger charge is 2.07. The molecule has 0 bridgehead atoms. The number of hydrogen-bond acceptors (Lipinski definition) is 1. The molecule has 0 unspecified atom stereocenters. The zero-order valence-corrected chi connectivity index (χ0v) is 5.26. The van der Waals surface area contributed by atoms with Gasteiger partial charge in [-0.3, -0.25) is 0 Å². The first-order valence-corrected chi connectivity index (χ1v) is 3.07. The molecule has 0 atom stereocenters. The van der Waals surface area contributed by atoms with Crippen molar-refractivity contribution in [2.24, 2.45) is 5.92 Å². The predicted molar refractivity (Wildman–Crippen MR) is 33.7 cm³/mol. The van der Waals surface area contributed by atoms with Crippen LogP contribution in [0.25, 0.3) is 0 Å². The second-order valence-electron chi connectivity index (χ2n) is 2.26. The second kappa shape index (κ2) is 2.88. The second-order valence-corrected chi connectivity index (χ2v) is 2.26. The van der Waals surface area contributed by atoms with Crippen LogP contribution in [0.4, 0.5) is 0 Å². The third kappa shape index (κ3) is 1.34. The van der Waals surface area contributed by atoms with E-state index in [-0.39, 0.29) is 0 Å². The number of ether oxygens (including phenoxy) is 1. The molecule has 0 amide bonds. The minimum Gasteiger partial charge on any atom is -0.384 e. The highest BCUT2D eigenvalue weighted by Crippen LogP contribution is 2.16. The molecule has 1 aliphatic rings. The van der Waals surface area contributed by atoms with Gasteiger partial charge in [0.2, 0.25) is 0 Å². The lowest BCUT2D eigenvalue weighted by Gasteiger charge is -2.04. The van der Waals surface area contributed by atoms with Gasteiger partial charge in [-0.05, 0) is 18.8 Å². The summed E-state index contributed by atoms with van der Waals surface area (Å²) in [5.41, 5.74) is 0. The predicted octanol–water partition coefficient (Wildman–Crippen LogP) is 1.60. The maximum Gasteiger partial charge on any atom is 0.0496 e. The highest BCUT2D eigenvalue weighted by atomic mass is 16.5. The third-order valence-corrected chi connectivity index (χ3v) is 1.51. The van der Waals surface area contributed by atoms with E-state index in [2.05, 4.69) is 12.2 Å². The Balaban J connectivity index is 2.10. The van der Waals surface area contributed by atoms with E-state index in [1.165, 1.54) is 12.8 Å². The minimum atomic E-state index is 0.778. The standard InChI is InChI=1S/C7H12O/c1-8-6-7-4-2-3-5-7/h2-3,7H,4-6H2,1H3. The zero-order chi connectivity index (χ0) is 5.82. The molecule has 0 aromatic carbocycles. The summed E-state index contributed by atoms with van der Waals surface area (Å²) in [6.07, 6.45) is 6.88. The molecular formula is C7H12O. The van der Waals surface area contributed by atoms with Crippen LogP contribution in [0.2, 0.25) is 0 Å². The van der Waals surface area contributed by atoms with Gasteiger partial charge in [0.15, 0.2) is 0 Å². The molecule has 1 heteroatoms. The molecule has 0 aliphatic heterocycles. The van der Waals surface area contributed by atoms with E-state index in [0.29, 0.717) is 0 Å². The van der Waals surface area contributed by atoms with Crippen LogP contribution in [-0.2, 0) is 4.74 Å². The van der Waals surface area contributed by atoms with Crippen molar-refractivity contribution >= 4 is 0 Å². The van der Waals surface area contributed by atoms with E-state index >= 15 is 0 Å². The molecule has 0 saturated heterocycles. The third-order valence-electron chi connectivity index (χ3n) is 1.51. The van der Waals surface area contributed by atoms with Gasteiger partial charge in [-0.2, -0.15) is 0 Å². The molecule has 8 heavy (non-hydrogen) atoms. The first-order valence-electron chi connectivity index (χ1n) is 3.07. The Bertz CT molecular complexity index is 78.4. The fourth-order valence-corrected chi connectivity index (χ4v) is 1.05. The van der Waals surface area contributed by atoms with Gasteiger partial charge in [-0.15, -0.1) is 0 Å². The molecule has 0 spiro atoms. The van der Waals surface area contributed by atoms with Crippen LogP contribution < -0.4 is 0 Å². The Morgan fingerprint density at radius 1 is 1.50 bits per heavy atom. The summed E-state index contributed by atoms with van der Waals surface area (Å²) in [4.78, 5) is 0. The summed E-state index contributed by atoms with van der Waals surface area (Å²) in [5, 5.41) is 0. The van der Waals surface area contributed by atoms with E-state index in [1.807, 2.05) is 0 Å². The molecule has 0 N–H and O–H groups in total. The molecule has 1 nitrogen and oxygen atoms in total. The van der Waals surface area contributed by atoms with Crippen LogP contribution >= 0.6 is 0 Å².